The fourth-order valence-electron chi connectivity index (χ4n) is 1.77. The van der Waals surface area contributed by atoms with Crippen molar-refractivity contribution in [2.75, 3.05) is 0 Å². The third-order valence-electron chi connectivity index (χ3n) is 3.55. The van der Waals surface area contributed by atoms with Crippen molar-refractivity contribution in [1.29, 1.82) is 0 Å². The van der Waals surface area contributed by atoms with Crippen LogP contribution in [-0.4, -0.2) is 6.04 Å². The molecule has 0 saturated heterocycles. The van der Waals surface area contributed by atoms with Gasteiger partial charge in [0, 0.05) is 5.56 Å². The van der Waals surface area contributed by atoms with Gasteiger partial charge in [0.25, 0.3) is 0 Å². The quantitative estimate of drug-likeness (QED) is 0.799. The second-order valence-electron chi connectivity index (χ2n) is 5.48. The molecular formula is C17H25N. The number of hydrogen-bond acceptors (Lipinski definition) is 1. The van der Waals surface area contributed by atoms with E-state index in [-0.39, 0.29) is 11.5 Å². The van der Waals surface area contributed by atoms with Crippen LogP contribution in [0.2, 0.25) is 0 Å². The highest BCUT2D eigenvalue weighted by Gasteiger charge is 2.17. The maximum atomic E-state index is 5.88. The van der Waals surface area contributed by atoms with Crippen LogP contribution in [0.25, 0.3) is 0 Å². The number of nitrogens with two attached hydrogens (primary N) is 1. The molecule has 1 rings (SSSR count). The minimum atomic E-state index is 0.00163. The number of rotatable bonds is 4. The molecule has 0 spiro atoms. The third kappa shape index (κ3) is 4.20. The lowest BCUT2D eigenvalue weighted by Crippen LogP contribution is -2.16. The van der Waals surface area contributed by atoms with Gasteiger partial charge in [0.05, 0.1) is 6.04 Å². The summed E-state index contributed by atoms with van der Waals surface area (Å²) in [7, 11) is 0. The van der Waals surface area contributed by atoms with E-state index in [9.17, 15) is 0 Å². The van der Waals surface area contributed by atoms with E-state index in [0.29, 0.717) is 0 Å². The lowest BCUT2D eigenvalue weighted by molar-refractivity contribution is 0.506. The van der Waals surface area contributed by atoms with Crippen LogP contribution >= 0.6 is 0 Å². The fourth-order valence-corrected chi connectivity index (χ4v) is 1.77. The lowest BCUT2D eigenvalue weighted by Gasteiger charge is -2.23. The zero-order chi connectivity index (χ0) is 13.6. The van der Waals surface area contributed by atoms with E-state index in [1.807, 2.05) is 0 Å². The average molecular weight is 243 g/mol. The molecule has 98 valence electrons. The molecular weight excluding hydrogens is 218 g/mol. The summed E-state index contributed by atoms with van der Waals surface area (Å²) in [5.74, 6) is 6.25. The first kappa shape index (κ1) is 14.8. The molecule has 0 bridgehead atoms. The molecule has 18 heavy (non-hydrogen) atoms. The smallest absolute Gasteiger partial charge is 0.0668 e. The summed E-state index contributed by atoms with van der Waals surface area (Å²) in [4.78, 5) is 0. The minimum absolute atomic E-state index is 0.00163. The van der Waals surface area contributed by atoms with Gasteiger partial charge in [-0.3, -0.25) is 0 Å². The van der Waals surface area contributed by atoms with Crippen molar-refractivity contribution in [3.05, 3.63) is 35.4 Å². The molecule has 1 atom stereocenters. The van der Waals surface area contributed by atoms with Gasteiger partial charge < -0.3 is 5.73 Å². The van der Waals surface area contributed by atoms with Crippen molar-refractivity contribution in [2.24, 2.45) is 5.73 Å². The van der Waals surface area contributed by atoms with E-state index < -0.39 is 0 Å². The highest BCUT2D eigenvalue weighted by atomic mass is 14.6. The highest BCUT2D eigenvalue weighted by Crippen LogP contribution is 2.26. The lowest BCUT2D eigenvalue weighted by atomic mass is 9.82. The summed E-state index contributed by atoms with van der Waals surface area (Å²) in [6.07, 6.45) is 3.19. The van der Waals surface area contributed by atoms with E-state index in [4.69, 9.17) is 5.73 Å². The summed E-state index contributed by atoms with van der Waals surface area (Å²) >= 11 is 0. The predicted molar refractivity (Wildman–Crippen MR) is 79.5 cm³/mol. The Kier molecular flexibility index (Phi) is 5.44. The molecule has 2 N–H and O–H groups in total. The number of benzene rings is 1. The molecule has 1 aromatic rings. The van der Waals surface area contributed by atoms with Crippen molar-refractivity contribution in [1.82, 2.24) is 0 Å². The van der Waals surface area contributed by atoms with E-state index in [2.05, 4.69) is 63.8 Å². The van der Waals surface area contributed by atoms with Gasteiger partial charge in [-0.15, -0.1) is 0 Å². The first-order valence-corrected chi connectivity index (χ1v) is 6.87. The summed E-state index contributed by atoms with van der Waals surface area (Å²) in [6, 6.07) is 8.55. The Balaban J connectivity index is 2.78. The summed E-state index contributed by atoms with van der Waals surface area (Å²) in [5.41, 5.74) is 8.54. The van der Waals surface area contributed by atoms with Crippen molar-refractivity contribution in [2.45, 2.75) is 58.4 Å². The molecule has 1 heteroatoms. The molecule has 0 heterocycles. The normalized spacial score (nSPS) is 12.7. The van der Waals surface area contributed by atoms with E-state index >= 15 is 0 Å². The molecule has 0 aliphatic rings. The Hall–Kier alpha value is -1.26. The molecule has 1 aromatic carbocycles. The van der Waals surface area contributed by atoms with Gasteiger partial charge in [0.15, 0.2) is 0 Å². The number of hydrogen-bond donors (Lipinski definition) is 1. The van der Waals surface area contributed by atoms with Crippen LogP contribution in [0, 0.1) is 11.8 Å². The van der Waals surface area contributed by atoms with Crippen molar-refractivity contribution in [3.8, 4) is 11.8 Å². The van der Waals surface area contributed by atoms with Gasteiger partial charge in [-0.05, 0) is 36.0 Å². The molecule has 0 fully saturated rings. The highest BCUT2D eigenvalue weighted by molar-refractivity contribution is 5.38. The van der Waals surface area contributed by atoms with Crippen molar-refractivity contribution in [3.63, 3.8) is 0 Å². The maximum Gasteiger partial charge on any atom is 0.0668 e. The first-order valence-electron chi connectivity index (χ1n) is 6.87. The SMILES string of the molecule is CCCC(N)C#Cc1ccc(C(C)(C)CC)cc1. The van der Waals surface area contributed by atoms with Crippen LogP contribution in [0.1, 0.15) is 58.1 Å². The van der Waals surface area contributed by atoms with Gasteiger partial charge in [0.1, 0.15) is 0 Å². The monoisotopic (exact) mass is 243 g/mol. The Labute approximate surface area is 112 Å². The Morgan fingerprint density at radius 2 is 1.78 bits per heavy atom. The van der Waals surface area contributed by atoms with Crippen LogP contribution in [0.4, 0.5) is 0 Å². The van der Waals surface area contributed by atoms with Crippen LogP contribution in [-0.2, 0) is 5.41 Å². The molecule has 0 saturated carbocycles. The van der Waals surface area contributed by atoms with Crippen molar-refractivity contribution < 1.29 is 0 Å². The molecule has 0 amide bonds. The molecule has 0 radical (unpaired) electrons. The van der Waals surface area contributed by atoms with Gasteiger partial charge >= 0.3 is 0 Å². The largest absolute Gasteiger partial charge is 0.318 e. The van der Waals surface area contributed by atoms with Crippen molar-refractivity contribution >= 4 is 0 Å². The molecule has 0 aliphatic carbocycles. The Morgan fingerprint density at radius 1 is 1.17 bits per heavy atom. The van der Waals surface area contributed by atoms with Crippen LogP contribution < -0.4 is 5.73 Å². The molecule has 1 unspecified atom stereocenters. The van der Waals surface area contributed by atoms with Gasteiger partial charge in [-0.1, -0.05) is 58.1 Å². The summed E-state index contributed by atoms with van der Waals surface area (Å²) in [6.45, 7) is 8.89. The van der Waals surface area contributed by atoms with Crippen LogP contribution in [0.3, 0.4) is 0 Å². The Bertz CT molecular complexity index is 417. The average Bonchev–Trinajstić information content (AvgIpc) is 2.37. The second-order valence-corrected chi connectivity index (χ2v) is 5.48. The maximum absolute atomic E-state index is 5.88. The standard InChI is InChI=1S/C17H25N/c1-5-7-16(18)13-10-14-8-11-15(12-9-14)17(3,4)6-2/h8-9,11-12,16H,5-7,18H2,1-4H3. The second kappa shape index (κ2) is 6.61. The van der Waals surface area contributed by atoms with Crippen LogP contribution in [0.15, 0.2) is 24.3 Å². The fraction of sp³-hybridized carbons (Fsp3) is 0.529. The zero-order valence-electron chi connectivity index (χ0n) is 12.1. The van der Waals surface area contributed by atoms with E-state index in [0.717, 1.165) is 24.8 Å². The topological polar surface area (TPSA) is 26.0 Å². The van der Waals surface area contributed by atoms with E-state index in [1.165, 1.54) is 5.56 Å². The van der Waals surface area contributed by atoms with Crippen LogP contribution in [0.5, 0.6) is 0 Å². The van der Waals surface area contributed by atoms with Gasteiger partial charge in [-0.2, -0.15) is 0 Å². The minimum Gasteiger partial charge on any atom is -0.318 e. The molecule has 0 aliphatic heterocycles. The Morgan fingerprint density at radius 3 is 2.28 bits per heavy atom. The third-order valence-corrected chi connectivity index (χ3v) is 3.55. The molecule has 1 nitrogen and oxygen atoms in total. The zero-order valence-corrected chi connectivity index (χ0v) is 12.1. The predicted octanol–water partition coefficient (Wildman–Crippen LogP) is 3.85. The van der Waals surface area contributed by atoms with Gasteiger partial charge in [0.2, 0.25) is 0 Å². The summed E-state index contributed by atoms with van der Waals surface area (Å²) < 4.78 is 0. The first-order chi connectivity index (χ1) is 8.49. The molecule has 0 aromatic heterocycles. The van der Waals surface area contributed by atoms with E-state index in [1.54, 1.807) is 0 Å². The van der Waals surface area contributed by atoms with Gasteiger partial charge in [-0.25, -0.2) is 0 Å². The summed E-state index contributed by atoms with van der Waals surface area (Å²) in [5, 5.41) is 0.